The standard InChI is InChI=1S/C26H28O4/c1-3-4-17-29-18-19-30-25-15-13-23(14-16-25)21-7-5-20(6-8-21)22-9-11-24(12-10-22)26(27)28-2/h5-16H,3-4,17-19H2,1-2H3. The molecule has 0 aromatic heterocycles. The Hall–Kier alpha value is -3.11. The van der Waals surface area contributed by atoms with Gasteiger partial charge < -0.3 is 14.2 Å². The maximum atomic E-state index is 11.6. The normalized spacial score (nSPS) is 10.6. The highest BCUT2D eigenvalue weighted by Crippen LogP contribution is 2.26. The summed E-state index contributed by atoms with van der Waals surface area (Å²) in [4.78, 5) is 11.6. The SMILES string of the molecule is CCCCOCCOc1ccc(-c2ccc(-c3ccc(C(=O)OC)cc3)cc2)cc1. The minimum Gasteiger partial charge on any atom is -0.491 e. The van der Waals surface area contributed by atoms with Gasteiger partial charge in [-0.1, -0.05) is 61.9 Å². The molecule has 0 radical (unpaired) electrons. The third-order valence-corrected chi connectivity index (χ3v) is 4.85. The topological polar surface area (TPSA) is 44.8 Å². The minimum atomic E-state index is -0.326. The Morgan fingerprint density at radius 3 is 1.70 bits per heavy atom. The highest BCUT2D eigenvalue weighted by Gasteiger charge is 2.06. The molecule has 4 nitrogen and oxygen atoms in total. The second-order valence-electron chi connectivity index (χ2n) is 6.99. The van der Waals surface area contributed by atoms with Crippen LogP contribution in [-0.2, 0) is 9.47 Å². The van der Waals surface area contributed by atoms with Crippen molar-refractivity contribution >= 4 is 5.97 Å². The van der Waals surface area contributed by atoms with Crippen LogP contribution >= 0.6 is 0 Å². The van der Waals surface area contributed by atoms with Gasteiger partial charge in [0.15, 0.2) is 0 Å². The number of benzene rings is 3. The van der Waals surface area contributed by atoms with Crippen molar-refractivity contribution in [1.29, 1.82) is 0 Å². The summed E-state index contributed by atoms with van der Waals surface area (Å²) in [6.07, 6.45) is 2.23. The lowest BCUT2D eigenvalue weighted by atomic mass is 9.99. The van der Waals surface area contributed by atoms with Gasteiger partial charge in [0.25, 0.3) is 0 Å². The maximum absolute atomic E-state index is 11.6. The van der Waals surface area contributed by atoms with Crippen molar-refractivity contribution < 1.29 is 19.0 Å². The number of ether oxygens (including phenoxy) is 3. The van der Waals surface area contributed by atoms with Crippen molar-refractivity contribution in [2.75, 3.05) is 26.9 Å². The molecular formula is C26H28O4. The third-order valence-electron chi connectivity index (χ3n) is 4.85. The quantitative estimate of drug-likeness (QED) is 0.307. The number of hydrogen-bond acceptors (Lipinski definition) is 4. The van der Waals surface area contributed by atoms with Crippen LogP contribution in [0, 0.1) is 0 Å². The minimum absolute atomic E-state index is 0.326. The molecule has 0 N–H and O–H groups in total. The van der Waals surface area contributed by atoms with E-state index in [9.17, 15) is 4.79 Å². The molecule has 30 heavy (non-hydrogen) atoms. The summed E-state index contributed by atoms with van der Waals surface area (Å²) in [6.45, 7) is 4.12. The van der Waals surface area contributed by atoms with Gasteiger partial charge >= 0.3 is 5.97 Å². The van der Waals surface area contributed by atoms with Crippen molar-refractivity contribution in [2.45, 2.75) is 19.8 Å². The molecule has 3 aromatic carbocycles. The Morgan fingerprint density at radius 2 is 1.20 bits per heavy atom. The summed E-state index contributed by atoms with van der Waals surface area (Å²) >= 11 is 0. The van der Waals surface area contributed by atoms with Gasteiger partial charge in [0.1, 0.15) is 12.4 Å². The van der Waals surface area contributed by atoms with Gasteiger partial charge in [-0.3, -0.25) is 0 Å². The van der Waals surface area contributed by atoms with E-state index in [1.807, 2.05) is 24.3 Å². The molecule has 0 spiro atoms. The fourth-order valence-electron chi connectivity index (χ4n) is 3.08. The summed E-state index contributed by atoms with van der Waals surface area (Å²) in [7, 11) is 1.39. The monoisotopic (exact) mass is 404 g/mol. The van der Waals surface area contributed by atoms with E-state index in [-0.39, 0.29) is 5.97 Å². The first-order valence-corrected chi connectivity index (χ1v) is 10.3. The van der Waals surface area contributed by atoms with Gasteiger partial charge in [-0.15, -0.1) is 0 Å². The van der Waals surface area contributed by atoms with Crippen LogP contribution in [0.2, 0.25) is 0 Å². The van der Waals surface area contributed by atoms with Crippen molar-refractivity contribution in [3.05, 3.63) is 78.4 Å². The van der Waals surface area contributed by atoms with Gasteiger partial charge in [0.05, 0.1) is 19.3 Å². The van der Waals surface area contributed by atoms with Gasteiger partial charge in [0.2, 0.25) is 0 Å². The molecule has 4 heteroatoms. The van der Waals surface area contributed by atoms with E-state index >= 15 is 0 Å². The number of carbonyl (C=O) groups excluding carboxylic acids is 1. The zero-order chi connectivity index (χ0) is 21.2. The van der Waals surface area contributed by atoms with E-state index < -0.39 is 0 Å². The largest absolute Gasteiger partial charge is 0.491 e. The molecular weight excluding hydrogens is 376 g/mol. The third kappa shape index (κ3) is 5.94. The molecule has 0 heterocycles. The lowest BCUT2D eigenvalue weighted by Gasteiger charge is -2.09. The van der Waals surface area contributed by atoms with Crippen molar-refractivity contribution in [3.63, 3.8) is 0 Å². The number of unbranched alkanes of at least 4 members (excludes halogenated alkanes) is 1. The number of rotatable bonds is 10. The lowest BCUT2D eigenvalue weighted by Crippen LogP contribution is -2.07. The Kier molecular flexibility index (Phi) is 8.04. The van der Waals surface area contributed by atoms with Crippen LogP contribution < -0.4 is 4.74 Å². The van der Waals surface area contributed by atoms with E-state index in [4.69, 9.17) is 14.2 Å². The molecule has 0 aliphatic carbocycles. The van der Waals surface area contributed by atoms with E-state index in [1.54, 1.807) is 12.1 Å². The van der Waals surface area contributed by atoms with E-state index in [0.717, 1.165) is 47.5 Å². The molecule has 156 valence electrons. The van der Waals surface area contributed by atoms with Crippen LogP contribution in [-0.4, -0.2) is 32.9 Å². The molecule has 0 aliphatic rings. The van der Waals surface area contributed by atoms with E-state index in [1.165, 1.54) is 7.11 Å². The Bertz CT molecular complexity index is 913. The highest BCUT2D eigenvalue weighted by atomic mass is 16.5. The fraction of sp³-hybridized carbons (Fsp3) is 0.269. The molecule has 3 aromatic rings. The summed E-state index contributed by atoms with van der Waals surface area (Å²) in [5.74, 6) is 0.522. The predicted molar refractivity (Wildman–Crippen MR) is 120 cm³/mol. The van der Waals surface area contributed by atoms with Crippen LogP contribution in [0.15, 0.2) is 72.8 Å². The number of esters is 1. The van der Waals surface area contributed by atoms with Gasteiger partial charge in [-0.25, -0.2) is 4.79 Å². The van der Waals surface area contributed by atoms with Crippen molar-refractivity contribution in [3.8, 4) is 28.0 Å². The van der Waals surface area contributed by atoms with E-state index in [2.05, 4.69) is 43.3 Å². The molecule has 3 rings (SSSR count). The summed E-state index contributed by atoms with van der Waals surface area (Å²) in [6, 6.07) is 23.9. The zero-order valence-corrected chi connectivity index (χ0v) is 17.6. The van der Waals surface area contributed by atoms with E-state index in [0.29, 0.717) is 18.8 Å². The zero-order valence-electron chi connectivity index (χ0n) is 17.6. The molecule has 0 saturated heterocycles. The lowest BCUT2D eigenvalue weighted by molar-refractivity contribution is 0.0600. The smallest absolute Gasteiger partial charge is 0.337 e. The Balaban J connectivity index is 1.57. The molecule has 0 aliphatic heterocycles. The molecule has 0 bridgehead atoms. The molecule has 0 amide bonds. The first-order valence-electron chi connectivity index (χ1n) is 10.3. The molecule has 0 unspecified atom stereocenters. The first kappa shape index (κ1) is 21.6. The van der Waals surface area contributed by atoms with Crippen molar-refractivity contribution in [1.82, 2.24) is 0 Å². The Labute approximate surface area is 178 Å². The van der Waals surface area contributed by atoms with Crippen LogP contribution in [0.4, 0.5) is 0 Å². The average molecular weight is 405 g/mol. The average Bonchev–Trinajstić information content (AvgIpc) is 2.81. The van der Waals surface area contributed by atoms with Gasteiger partial charge in [0, 0.05) is 6.61 Å². The summed E-state index contributed by atoms with van der Waals surface area (Å²) < 4.78 is 16.0. The van der Waals surface area contributed by atoms with Crippen molar-refractivity contribution in [2.24, 2.45) is 0 Å². The number of methoxy groups -OCH3 is 1. The van der Waals surface area contributed by atoms with Crippen LogP contribution in [0.25, 0.3) is 22.3 Å². The predicted octanol–water partition coefficient (Wildman–Crippen LogP) is 6.00. The van der Waals surface area contributed by atoms with Crippen LogP contribution in [0.1, 0.15) is 30.1 Å². The Morgan fingerprint density at radius 1 is 0.700 bits per heavy atom. The molecule has 0 fully saturated rings. The second-order valence-corrected chi connectivity index (χ2v) is 6.99. The number of carbonyl (C=O) groups is 1. The van der Waals surface area contributed by atoms with Crippen LogP contribution in [0.5, 0.6) is 5.75 Å². The van der Waals surface area contributed by atoms with Crippen LogP contribution in [0.3, 0.4) is 0 Å². The van der Waals surface area contributed by atoms with Gasteiger partial charge in [-0.05, 0) is 52.9 Å². The summed E-state index contributed by atoms with van der Waals surface area (Å²) in [5, 5.41) is 0. The summed E-state index contributed by atoms with van der Waals surface area (Å²) in [5.41, 5.74) is 4.97. The highest BCUT2D eigenvalue weighted by molar-refractivity contribution is 5.90. The molecule has 0 atom stereocenters. The maximum Gasteiger partial charge on any atom is 0.337 e. The fourth-order valence-corrected chi connectivity index (χ4v) is 3.08. The number of hydrogen-bond donors (Lipinski definition) is 0. The van der Waals surface area contributed by atoms with Gasteiger partial charge in [-0.2, -0.15) is 0 Å². The first-order chi connectivity index (χ1) is 14.7. The second kappa shape index (κ2) is 11.2. The molecule has 0 saturated carbocycles.